The number of nitrogens with one attached hydrogen (secondary N) is 2. The van der Waals surface area contributed by atoms with Gasteiger partial charge in [0.2, 0.25) is 0 Å². The van der Waals surface area contributed by atoms with Crippen LogP contribution >= 0.6 is 24.0 Å². The van der Waals surface area contributed by atoms with E-state index >= 15 is 0 Å². The SMILES string of the molecule is CN=C(NCc1ccc(-n2ccnc2C)c(F)c1)NCc1ccc(OC)c(OC)c1.I. The lowest BCUT2D eigenvalue weighted by Gasteiger charge is -2.14. The number of benzene rings is 2. The Bertz CT molecular complexity index is 1040. The van der Waals surface area contributed by atoms with Gasteiger partial charge in [0.15, 0.2) is 17.5 Å². The minimum absolute atomic E-state index is 0. The van der Waals surface area contributed by atoms with Crippen molar-refractivity contribution in [3.63, 3.8) is 0 Å². The molecule has 166 valence electrons. The molecule has 1 aromatic heterocycles. The highest BCUT2D eigenvalue weighted by atomic mass is 127. The average Bonchev–Trinajstić information content (AvgIpc) is 3.19. The van der Waals surface area contributed by atoms with E-state index in [4.69, 9.17) is 9.47 Å². The molecule has 0 saturated carbocycles. The maximum Gasteiger partial charge on any atom is 0.191 e. The molecule has 0 unspecified atom stereocenters. The smallest absolute Gasteiger partial charge is 0.191 e. The Morgan fingerprint density at radius 1 is 1.03 bits per heavy atom. The predicted molar refractivity (Wildman–Crippen MR) is 130 cm³/mol. The minimum atomic E-state index is -0.302. The molecule has 0 aliphatic rings. The van der Waals surface area contributed by atoms with Gasteiger partial charge in [0.1, 0.15) is 11.6 Å². The van der Waals surface area contributed by atoms with Crippen LogP contribution in [-0.2, 0) is 13.1 Å². The van der Waals surface area contributed by atoms with Gasteiger partial charge in [0.05, 0.1) is 19.9 Å². The van der Waals surface area contributed by atoms with Gasteiger partial charge in [0, 0.05) is 32.5 Å². The van der Waals surface area contributed by atoms with E-state index in [2.05, 4.69) is 20.6 Å². The van der Waals surface area contributed by atoms with Gasteiger partial charge in [-0.15, -0.1) is 24.0 Å². The Labute approximate surface area is 198 Å². The summed E-state index contributed by atoms with van der Waals surface area (Å²) >= 11 is 0. The lowest BCUT2D eigenvalue weighted by Crippen LogP contribution is -2.36. The van der Waals surface area contributed by atoms with Crippen LogP contribution in [0, 0.1) is 12.7 Å². The van der Waals surface area contributed by atoms with E-state index in [1.54, 1.807) is 44.3 Å². The quantitative estimate of drug-likeness (QED) is 0.272. The third kappa shape index (κ3) is 6.09. The highest BCUT2D eigenvalue weighted by Crippen LogP contribution is 2.27. The average molecular weight is 539 g/mol. The number of ether oxygens (including phenoxy) is 2. The van der Waals surface area contributed by atoms with Crippen molar-refractivity contribution in [3.05, 3.63) is 71.6 Å². The number of hydrogen-bond donors (Lipinski definition) is 2. The van der Waals surface area contributed by atoms with Crippen molar-refractivity contribution in [2.75, 3.05) is 21.3 Å². The van der Waals surface area contributed by atoms with Gasteiger partial charge in [-0.25, -0.2) is 9.37 Å². The van der Waals surface area contributed by atoms with Crippen LogP contribution in [0.5, 0.6) is 11.5 Å². The second-order valence-corrected chi connectivity index (χ2v) is 6.60. The van der Waals surface area contributed by atoms with Gasteiger partial charge in [-0.05, 0) is 42.3 Å². The molecular formula is C22H27FIN5O2. The van der Waals surface area contributed by atoms with Crippen LogP contribution in [-0.4, -0.2) is 36.8 Å². The summed E-state index contributed by atoms with van der Waals surface area (Å²) in [6.45, 7) is 2.82. The summed E-state index contributed by atoms with van der Waals surface area (Å²) in [7, 11) is 4.90. The first-order valence-corrected chi connectivity index (χ1v) is 9.50. The fraction of sp³-hybridized carbons (Fsp3) is 0.273. The molecule has 3 aromatic rings. The van der Waals surface area contributed by atoms with Crippen LogP contribution in [0.2, 0.25) is 0 Å². The molecule has 0 aliphatic heterocycles. The zero-order chi connectivity index (χ0) is 21.5. The largest absolute Gasteiger partial charge is 0.493 e. The highest BCUT2D eigenvalue weighted by Gasteiger charge is 2.09. The van der Waals surface area contributed by atoms with E-state index in [-0.39, 0.29) is 29.8 Å². The maximum atomic E-state index is 14.6. The summed E-state index contributed by atoms with van der Waals surface area (Å²) in [5.41, 5.74) is 2.30. The maximum absolute atomic E-state index is 14.6. The summed E-state index contributed by atoms with van der Waals surface area (Å²) in [5, 5.41) is 6.43. The molecule has 0 fully saturated rings. The van der Waals surface area contributed by atoms with Crippen LogP contribution < -0.4 is 20.1 Å². The molecule has 0 spiro atoms. The summed E-state index contributed by atoms with van der Waals surface area (Å²) in [6, 6.07) is 10.9. The molecule has 0 amide bonds. The number of nitrogens with zero attached hydrogens (tertiary/aromatic N) is 3. The molecule has 0 saturated heterocycles. The molecule has 2 N–H and O–H groups in total. The van der Waals surface area contributed by atoms with Crippen LogP contribution in [0.1, 0.15) is 17.0 Å². The number of guanidine groups is 1. The molecule has 7 nitrogen and oxygen atoms in total. The summed E-state index contributed by atoms with van der Waals surface area (Å²) in [4.78, 5) is 8.36. The number of hydrogen-bond acceptors (Lipinski definition) is 4. The fourth-order valence-electron chi connectivity index (χ4n) is 3.07. The molecule has 0 aliphatic carbocycles. The first-order chi connectivity index (χ1) is 14.5. The zero-order valence-electron chi connectivity index (χ0n) is 18.0. The first kappa shape index (κ1) is 24.4. The van der Waals surface area contributed by atoms with Gasteiger partial charge in [-0.1, -0.05) is 12.1 Å². The molecule has 9 heteroatoms. The molecule has 31 heavy (non-hydrogen) atoms. The number of rotatable bonds is 7. The number of aromatic nitrogens is 2. The van der Waals surface area contributed by atoms with E-state index in [0.29, 0.717) is 36.2 Å². The molecule has 1 heterocycles. The Kier molecular flexibility index (Phi) is 9.10. The zero-order valence-corrected chi connectivity index (χ0v) is 20.3. The van der Waals surface area contributed by atoms with Gasteiger partial charge >= 0.3 is 0 Å². The second-order valence-electron chi connectivity index (χ2n) is 6.60. The fourth-order valence-corrected chi connectivity index (χ4v) is 3.07. The van der Waals surface area contributed by atoms with Crippen molar-refractivity contribution in [1.29, 1.82) is 0 Å². The third-order valence-electron chi connectivity index (χ3n) is 4.69. The van der Waals surface area contributed by atoms with Gasteiger partial charge in [-0.2, -0.15) is 0 Å². The Balaban J connectivity index is 0.00000341. The van der Waals surface area contributed by atoms with Crippen molar-refractivity contribution in [2.45, 2.75) is 20.0 Å². The molecule has 2 aromatic carbocycles. The standard InChI is InChI=1S/C22H26FN5O2.HI/c1-15-25-9-10-28(15)19-7-5-16(11-18(19)23)13-26-22(24-2)27-14-17-6-8-20(29-3)21(12-17)30-4;/h5-12H,13-14H2,1-4H3,(H2,24,26,27);1H. The van der Waals surface area contributed by atoms with E-state index in [9.17, 15) is 4.39 Å². The number of aliphatic imine (C=N–C) groups is 1. The lowest BCUT2D eigenvalue weighted by molar-refractivity contribution is 0.354. The van der Waals surface area contributed by atoms with E-state index in [0.717, 1.165) is 17.0 Å². The van der Waals surface area contributed by atoms with Crippen molar-refractivity contribution in [2.24, 2.45) is 4.99 Å². The first-order valence-electron chi connectivity index (χ1n) is 9.50. The highest BCUT2D eigenvalue weighted by molar-refractivity contribution is 14.0. The molecule has 0 atom stereocenters. The van der Waals surface area contributed by atoms with Crippen LogP contribution in [0.15, 0.2) is 53.8 Å². The summed E-state index contributed by atoms with van der Waals surface area (Å²) < 4.78 is 26.9. The molecular weight excluding hydrogens is 512 g/mol. The third-order valence-corrected chi connectivity index (χ3v) is 4.69. The van der Waals surface area contributed by atoms with E-state index in [1.807, 2.05) is 31.2 Å². The predicted octanol–water partition coefficient (Wildman–Crippen LogP) is 3.82. The van der Waals surface area contributed by atoms with Gasteiger partial charge in [0.25, 0.3) is 0 Å². The number of halogens is 2. The minimum Gasteiger partial charge on any atom is -0.493 e. The monoisotopic (exact) mass is 539 g/mol. The van der Waals surface area contributed by atoms with Gasteiger partial charge in [-0.3, -0.25) is 4.99 Å². The Morgan fingerprint density at radius 3 is 2.23 bits per heavy atom. The van der Waals surface area contributed by atoms with Crippen molar-refractivity contribution in [3.8, 4) is 17.2 Å². The number of imidazole rings is 1. The molecule has 0 radical (unpaired) electrons. The van der Waals surface area contributed by atoms with Crippen molar-refractivity contribution in [1.82, 2.24) is 20.2 Å². The number of aryl methyl sites for hydroxylation is 1. The van der Waals surface area contributed by atoms with Crippen LogP contribution in [0.4, 0.5) is 4.39 Å². The van der Waals surface area contributed by atoms with E-state index in [1.165, 1.54) is 6.07 Å². The summed E-state index contributed by atoms with van der Waals surface area (Å²) in [5.74, 6) is 2.39. The van der Waals surface area contributed by atoms with E-state index < -0.39 is 0 Å². The number of methoxy groups -OCH3 is 2. The molecule has 3 rings (SSSR count). The van der Waals surface area contributed by atoms with Crippen molar-refractivity contribution < 1.29 is 13.9 Å². The Hall–Kier alpha value is -2.82. The lowest BCUT2D eigenvalue weighted by atomic mass is 10.2. The van der Waals surface area contributed by atoms with Crippen LogP contribution in [0.25, 0.3) is 5.69 Å². The normalized spacial score (nSPS) is 10.9. The summed E-state index contributed by atoms with van der Waals surface area (Å²) in [6.07, 6.45) is 3.39. The Morgan fingerprint density at radius 2 is 1.68 bits per heavy atom. The van der Waals surface area contributed by atoms with Gasteiger partial charge < -0.3 is 24.7 Å². The second kappa shape index (κ2) is 11.5. The van der Waals surface area contributed by atoms with Crippen molar-refractivity contribution >= 4 is 29.9 Å². The topological polar surface area (TPSA) is 72.7 Å². The van der Waals surface area contributed by atoms with Crippen LogP contribution in [0.3, 0.4) is 0 Å². The molecule has 0 bridgehead atoms.